The van der Waals surface area contributed by atoms with Crippen molar-refractivity contribution in [2.75, 3.05) is 5.73 Å². The molecule has 0 aliphatic rings. The van der Waals surface area contributed by atoms with E-state index in [0.717, 1.165) is 11.3 Å². The molecule has 1 aromatic heterocycles. The highest BCUT2D eigenvalue weighted by Crippen LogP contribution is 2.19. The quantitative estimate of drug-likeness (QED) is 0.863. The predicted octanol–water partition coefficient (Wildman–Crippen LogP) is 2.17. The number of nitriles is 1. The summed E-state index contributed by atoms with van der Waals surface area (Å²) in [6, 6.07) is 9.26. The van der Waals surface area contributed by atoms with E-state index in [2.05, 4.69) is 5.10 Å². The van der Waals surface area contributed by atoms with Crippen molar-refractivity contribution in [3.05, 3.63) is 41.0 Å². The Kier molecular flexibility index (Phi) is 2.80. The standard InChI is InChI=1S/C11H9ClN4/c12-9-2-1-3-10(6-9)16-11(14)8(4-5-13)7-15-16/h1-3,6-7H,4,14H2. The van der Waals surface area contributed by atoms with Crippen molar-refractivity contribution in [2.24, 2.45) is 0 Å². The van der Waals surface area contributed by atoms with Gasteiger partial charge in [-0.3, -0.25) is 0 Å². The fourth-order valence-electron chi connectivity index (χ4n) is 1.43. The smallest absolute Gasteiger partial charge is 0.131 e. The molecule has 0 fully saturated rings. The second-order valence-corrected chi connectivity index (χ2v) is 3.72. The lowest BCUT2D eigenvalue weighted by molar-refractivity contribution is 0.891. The summed E-state index contributed by atoms with van der Waals surface area (Å²) < 4.78 is 1.57. The zero-order valence-electron chi connectivity index (χ0n) is 8.39. The Morgan fingerprint density at radius 1 is 1.50 bits per heavy atom. The average molecular weight is 233 g/mol. The van der Waals surface area contributed by atoms with Gasteiger partial charge < -0.3 is 5.73 Å². The Labute approximate surface area is 97.9 Å². The summed E-state index contributed by atoms with van der Waals surface area (Å²) in [5.41, 5.74) is 7.39. The van der Waals surface area contributed by atoms with E-state index in [9.17, 15) is 0 Å². The van der Waals surface area contributed by atoms with Gasteiger partial charge in [0.05, 0.1) is 24.4 Å². The van der Waals surface area contributed by atoms with Gasteiger partial charge in [0.25, 0.3) is 0 Å². The van der Waals surface area contributed by atoms with Crippen molar-refractivity contribution in [3.63, 3.8) is 0 Å². The molecule has 0 amide bonds. The minimum atomic E-state index is 0.256. The molecule has 16 heavy (non-hydrogen) atoms. The first-order valence-electron chi connectivity index (χ1n) is 4.67. The Bertz CT molecular complexity index is 553. The summed E-state index contributed by atoms with van der Waals surface area (Å²) in [6.45, 7) is 0. The SMILES string of the molecule is N#CCc1cnn(-c2cccc(Cl)c2)c1N. The molecule has 0 spiro atoms. The van der Waals surface area contributed by atoms with Gasteiger partial charge in [0.1, 0.15) is 5.82 Å². The number of hydrogen-bond donors (Lipinski definition) is 1. The van der Waals surface area contributed by atoms with E-state index in [-0.39, 0.29) is 6.42 Å². The third-order valence-corrected chi connectivity index (χ3v) is 2.44. The molecule has 0 radical (unpaired) electrons. The maximum absolute atomic E-state index is 8.60. The third-order valence-electron chi connectivity index (χ3n) is 2.21. The molecular weight excluding hydrogens is 224 g/mol. The summed E-state index contributed by atoms with van der Waals surface area (Å²) in [4.78, 5) is 0. The van der Waals surface area contributed by atoms with Crippen LogP contribution in [0.4, 0.5) is 5.82 Å². The molecule has 0 aliphatic carbocycles. The molecule has 0 bridgehead atoms. The van der Waals surface area contributed by atoms with E-state index in [1.807, 2.05) is 18.2 Å². The van der Waals surface area contributed by atoms with Crippen LogP contribution in [0.3, 0.4) is 0 Å². The van der Waals surface area contributed by atoms with E-state index in [1.165, 1.54) is 0 Å². The van der Waals surface area contributed by atoms with E-state index < -0.39 is 0 Å². The second-order valence-electron chi connectivity index (χ2n) is 3.28. The van der Waals surface area contributed by atoms with Crippen LogP contribution in [-0.2, 0) is 6.42 Å². The van der Waals surface area contributed by atoms with Crippen molar-refractivity contribution in [1.29, 1.82) is 5.26 Å². The van der Waals surface area contributed by atoms with Crippen molar-refractivity contribution in [2.45, 2.75) is 6.42 Å². The van der Waals surface area contributed by atoms with Crippen molar-refractivity contribution < 1.29 is 0 Å². The monoisotopic (exact) mass is 232 g/mol. The molecule has 0 saturated heterocycles. The van der Waals surface area contributed by atoms with E-state index >= 15 is 0 Å². The topological polar surface area (TPSA) is 67.6 Å². The lowest BCUT2D eigenvalue weighted by Gasteiger charge is -2.04. The third kappa shape index (κ3) is 1.86. The minimum absolute atomic E-state index is 0.256. The van der Waals surface area contributed by atoms with Gasteiger partial charge in [-0.2, -0.15) is 10.4 Å². The highest BCUT2D eigenvalue weighted by Gasteiger charge is 2.08. The van der Waals surface area contributed by atoms with Gasteiger partial charge >= 0.3 is 0 Å². The van der Waals surface area contributed by atoms with Crippen LogP contribution in [0, 0.1) is 11.3 Å². The van der Waals surface area contributed by atoms with Gasteiger partial charge in [-0.05, 0) is 18.2 Å². The molecule has 4 nitrogen and oxygen atoms in total. The van der Waals surface area contributed by atoms with Crippen molar-refractivity contribution in [3.8, 4) is 11.8 Å². The Morgan fingerprint density at radius 2 is 2.31 bits per heavy atom. The average Bonchev–Trinajstić information content (AvgIpc) is 2.61. The van der Waals surface area contributed by atoms with Crippen LogP contribution >= 0.6 is 11.6 Å². The Morgan fingerprint density at radius 3 is 3.00 bits per heavy atom. The van der Waals surface area contributed by atoms with E-state index in [0.29, 0.717) is 10.8 Å². The fourth-order valence-corrected chi connectivity index (χ4v) is 1.61. The number of hydrogen-bond acceptors (Lipinski definition) is 3. The zero-order chi connectivity index (χ0) is 11.5. The number of benzene rings is 1. The van der Waals surface area contributed by atoms with Gasteiger partial charge in [-0.25, -0.2) is 4.68 Å². The van der Waals surface area contributed by atoms with Crippen LogP contribution in [0.1, 0.15) is 5.56 Å². The largest absolute Gasteiger partial charge is 0.383 e. The van der Waals surface area contributed by atoms with E-state index in [4.69, 9.17) is 22.6 Å². The number of halogens is 1. The number of rotatable bonds is 2. The van der Waals surface area contributed by atoms with Gasteiger partial charge in [0.15, 0.2) is 0 Å². The molecule has 2 aromatic rings. The molecule has 1 aromatic carbocycles. The predicted molar refractivity (Wildman–Crippen MR) is 62.3 cm³/mol. The molecule has 0 atom stereocenters. The van der Waals surface area contributed by atoms with Gasteiger partial charge in [0, 0.05) is 10.6 Å². The van der Waals surface area contributed by atoms with Crippen LogP contribution < -0.4 is 5.73 Å². The summed E-state index contributed by atoms with van der Waals surface area (Å²) in [7, 11) is 0. The summed E-state index contributed by atoms with van der Waals surface area (Å²) in [5.74, 6) is 0.476. The number of nitrogen functional groups attached to an aromatic ring is 1. The highest BCUT2D eigenvalue weighted by molar-refractivity contribution is 6.30. The number of nitrogens with zero attached hydrogens (tertiary/aromatic N) is 3. The van der Waals surface area contributed by atoms with Crippen molar-refractivity contribution in [1.82, 2.24) is 9.78 Å². The number of anilines is 1. The first-order valence-corrected chi connectivity index (χ1v) is 5.05. The molecule has 2 rings (SSSR count). The van der Waals surface area contributed by atoms with Crippen LogP contribution in [0.2, 0.25) is 5.02 Å². The first-order chi connectivity index (χ1) is 7.72. The fraction of sp³-hybridized carbons (Fsp3) is 0.0909. The molecule has 2 N–H and O–H groups in total. The molecular formula is C11H9ClN4. The molecule has 80 valence electrons. The number of aromatic nitrogens is 2. The van der Waals surface area contributed by atoms with Gasteiger partial charge in [-0.1, -0.05) is 17.7 Å². The Balaban J connectivity index is 2.46. The Hall–Kier alpha value is -1.99. The normalized spacial score (nSPS) is 10.0. The van der Waals surface area contributed by atoms with Crippen LogP contribution in [-0.4, -0.2) is 9.78 Å². The summed E-state index contributed by atoms with van der Waals surface area (Å²) in [5, 5.41) is 13.4. The second kappa shape index (κ2) is 4.25. The summed E-state index contributed by atoms with van der Waals surface area (Å²) >= 11 is 5.88. The first kappa shape index (κ1) is 10.5. The van der Waals surface area contributed by atoms with Crippen LogP contribution in [0.5, 0.6) is 0 Å². The molecule has 1 heterocycles. The van der Waals surface area contributed by atoms with Crippen LogP contribution in [0.25, 0.3) is 5.69 Å². The van der Waals surface area contributed by atoms with E-state index in [1.54, 1.807) is 23.0 Å². The minimum Gasteiger partial charge on any atom is -0.383 e. The molecule has 0 aliphatic heterocycles. The van der Waals surface area contributed by atoms with Crippen molar-refractivity contribution >= 4 is 17.4 Å². The maximum atomic E-state index is 8.60. The molecule has 0 unspecified atom stereocenters. The van der Waals surface area contributed by atoms with Gasteiger partial charge in [0.2, 0.25) is 0 Å². The summed E-state index contributed by atoms with van der Waals surface area (Å²) in [6.07, 6.45) is 1.85. The highest BCUT2D eigenvalue weighted by atomic mass is 35.5. The lowest BCUT2D eigenvalue weighted by Crippen LogP contribution is -2.02. The zero-order valence-corrected chi connectivity index (χ0v) is 9.15. The molecule has 5 heteroatoms. The molecule has 0 saturated carbocycles. The van der Waals surface area contributed by atoms with Gasteiger partial charge in [-0.15, -0.1) is 0 Å². The number of nitrogens with two attached hydrogens (primary N) is 1. The van der Waals surface area contributed by atoms with Crippen LogP contribution in [0.15, 0.2) is 30.5 Å². The maximum Gasteiger partial charge on any atom is 0.131 e. The lowest BCUT2D eigenvalue weighted by atomic mass is 10.2.